The van der Waals surface area contributed by atoms with Crippen LogP contribution in [0.2, 0.25) is 10.0 Å². The summed E-state index contributed by atoms with van der Waals surface area (Å²) in [5.74, 6) is 0.224. The first-order valence-corrected chi connectivity index (χ1v) is 12.2. The van der Waals surface area contributed by atoms with Crippen LogP contribution in [0.15, 0.2) is 48.5 Å². The van der Waals surface area contributed by atoms with Crippen LogP contribution in [-0.4, -0.2) is 39.7 Å². The van der Waals surface area contributed by atoms with E-state index >= 15 is 0 Å². The Morgan fingerprint density at radius 1 is 1.00 bits per heavy atom. The highest BCUT2D eigenvalue weighted by Gasteiger charge is 2.23. The van der Waals surface area contributed by atoms with Crippen molar-refractivity contribution in [2.45, 2.75) is 46.5 Å². The third kappa shape index (κ3) is 6.99. The Kier molecular flexibility index (Phi) is 8.46. The lowest BCUT2D eigenvalue weighted by molar-refractivity contribution is -0.116. The summed E-state index contributed by atoms with van der Waals surface area (Å²) in [6.07, 6.45) is 0.692. The van der Waals surface area contributed by atoms with E-state index in [-0.39, 0.29) is 17.9 Å². The summed E-state index contributed by atoms with van der Waals surface area (Å²) in [7, 11) is 0. The van der Waals surface area contributed by atoms with Gasteiger partial charge in [-0.05, 0) is 43.7 Å². The minimum Gasteiger partial charge on any atom is -0.315 e. The highest BCUT2D eigenvalue weighted by molar-refractivity contribution is 6.42. The largest absolute Gasteiger partial charge is 0.322 e. The molecule has 0 spiro atoms. The van der Waals surface area contributed by atoms with Gasteiger partial charge in [0.05, 0.1) is 21.4 Å². The van der Waals surface area contributed by atoms with Crippen LogP contribution in [0, 0.1) is 6.92 Å². The quantitative estimate of drug-likeness (QED) is 0.368. The zero-order valence-electron chi connectivity index (χ0n) is 20.7. The Bertz CT molecular complexity index is 1200. The Morgan fingerprint density at radius 2 is 1.69 bits per heavy atom. The molecule has 0 bridgehead atoms. The van der Waals surface area contributed by atoms with Crippen molar-refractivity contribution in [3.63, 3.8) is 0 Å². The van der Waals surface area contributed by atoms with Crippen molar-refractivity contribution in [1.82, 2.24) is 14.7 Å². The van der Waals surface area contributed by atoms with Gasteiger partial charge in [0.15, 0.2) is 0 Å². The van der Waals surface area contributed by atoms with Crippen LogP contribution < -0.4 is 10.6 Å². The minimum absolute atomic E-state index is 0.120. The normalized spacial score (nSPS) is 11.3. The first-order chi connectivity index (χ1) is 16.5. The van der Waals surface area contributed by atoms with Crippen LogP contribution in [0.25, 0.3) is 5.69 Å². The average Bonchev–Trinajstić information content (AvgIpc) is 3.20. The highest BCUT2D eigenvalue weighted by Crippen LogP contribution is 2.27. The molecule has 1 aromatic heterocycles. The van der Waals surface area contributed by atoms with Crippen LogP contribution in [0.5, 0.6) is 0 Å². The number of urea groups is 1. The molecular weight excluding hydrogens is 485 g/mol. The summed E-state index contributed by atoms with van der Waals surface area (Å²) >= 11 is 12.0. The number of nitrogens with one attached hydrogen (secondary N) is 2. The molecule has 0 aliphatic heterocycles. The Morgan fingerprint density at radius 3 is 2.29 bits per heavy atom. The fraction of sp³-hybridized carbons (Fsp3) is 0.346. The van der Waals surface area contributed by atoms with E-state index in [0.29, 0.717) is 34.5 Å². The molecule has 3 amide bonds. The number of hydrogen-bond donors (Lipinski definition) is 2. The fourth-order valence-electron chi connectivity index (χ4n) is 3.37. The highest BCUT2D eigenvalue weighted by atomic mass is 35.5. The van der Waals surface area contributed by atoms with Gasteiger partial charge in [-0.3, -0.25) is 4.79 Å². The number of anilines is 2. The molecule has 9 heteroatoms. The van der Waals surface area contributed by atoms with E-state index in [1.807, 2.05) is 44.2 Å². The second-order valence-electron chi connectivity index (χ2n) is 9.44. The summed E-state index contributed by atoms with van der Waals surface area (Å²) in [5, 5.41) is 11.2. The van der Waals surface area contributed by atoms with Gasteiger partial charge >= 0.3 is 6.03 Å². The number of hydrogen-bond acceptors (Lipinski definition) is 3. The minimum atomic E-state index is -0.400. The van der Waals surface area contributed by atoms with E-state index in [1.54, 1.807) is 22.9 Å². The number of aromatic nitrogens is 2. The molecule has 3 aromatic rings. The molecule has 0 radical (unpaired) electrons. The number of aryl methyl sites for hydroxylation is 1. The molecule has 0 saturated heterocycles. The standard InChI is InChI=1S/C26H31Cl2N5O2/c1-6-13-32(25(35)29-18-9-12-20(27)21(28)14-18)16-24(34)30-23-15-22(26(3,4)5)31-33(23)19-10-7-17(2)8-11-19/h7-12,14-15H,6,13,16H2,1-5H3,(H,29,35)(H,30,34). The number of carbonyl (C=O) groups excluding carboxylic acids is 2. The molecule has 186 valence electrons. The predicted molar refractivity (Wildman–Crippen MR) is 143 cm³/mol. The summed E-state index contributed by atoms with van der Waals surface area (Å²) in [4.78, 5) is 27.4. The van der Waals surface area contributed by atoms with E-state index < -0.39 is 6.03 Å². The van der Waals surface area contributed by atoms with Crippen molar-refractivity contribution < 1.29 is 9.59 Å². The van der Waals surface area contributed by atoms with Crippen molar-refractivity contribution in [1.29, 1.82) is 0 Å². The predicted octanol–water partition coefficient (Wildman–Crippen LogP) is 6.67. The molecule has 0 unspecified atom stereocenters. The number of nitrogens with zero attached hydrogens (tertiary/aromatic N) is 3. The lowest BCUT2D eigenvalue weighted by Crippen LogP contribution is -2.41. The maximum atomic E-state index is 13.0. The first kappa shape index (κ1) is 26.6. The van der Waals surface area contributed by atoms with E-state index in [1.165, 1.54) is 4.90 Å². The number of benzene rings is 2. The number of carbonyl (C=O) groups is 2. The summed E-state index contributed by atoms with van der Waals surface area (Å²) in [6, 6.07) is 14.2. The van der Waals surface area contributed by atoms with E-state index in [4.69, 9.17) is 28.3 Å². The van der Waals surface area contributed by atoms with Gasteiger partial charge in [0, 0.05) is 23.7 Å². The molecule has 1 heterocycles. The number of halogens is 2. The summed E-state index contributed by atoms with van der Waals surface area (Å²) in [6.45, 7) is 10.4. The first-order valence-electron chi connectivity index (χ1n) is 11.5. The molecule has 2 aromatic carbocycles. The van der Waals surface area contributed by atoms with Crippen LogP contribution in [0.1, 0.15) is 45.4 Å². The SMILES string of the molecule is CCCN(CC(=O)Nc1cc(C(C)(C)C)nn1-c1ccc(C)cc1)C(=O)Nc1ccc(Cl)c(Cl)c1. The van der Waals surface area contributed by atoms with Crippen molar-refractivity contribution in [3.05, 3.63) is 69.8 Å². The molecule has 35 heavy (non-hydrogen) atoms. The van der Waals surface area contributed by atoms with Crippen LogP contribution in [-0.2, 0) is 10.2 Å². The van der Waals surface area contributed by atoms with Crippen molar-refractivity contribution in [2.24, 2.45) is 0 Å². The smallest absolute Gasteiger partial charge is 0.315 e. The molecule has 3 rings (SSSR count). The second-order valence-corrected chi connectivity index (χ2v) is 10.3. The Hall–Kier alpha value is -3.03. The van der Waals surface area contributed by atoms with Gasteiger partial charge in [0.2, 0.25) is 5.91 Å². The third-order valence-corrected chi connectivity index (χ3v) is 6.05. The lowest BCUT2D eigenvalue weighted by Gasteiger charge is -2.22. The van der Waals surface area contributed by atoms with Crippen LogP contribution in [0.3, 0.4) is 0 Å². The van der Waals surface area contributed by atoms with Gasteiger partial charge in [-0.1, -0.05) is 68.6 Å². The second kappa shape index (κ2) is 11.1. The van der Waals surface area contributed by atoms with Crippen LogP contribution >= 0.6 is 23.2 Å². The van der Waals surface area contributed by atoms with Gasteiger partial charge in [-0.2, -0.15) is 5.10 Å². The van der Waals surface area contributed by atoms with Crippen molar-refractivity contribution in [3.8, 4) is 5.69 Å². The molecule has 0 saturated carbocycles. The number of rotatable bonds is 7. The average molecular weight is 516 g/mol. The molecule has 0 fully saturated rings. The van der Waals surface area contributed by atoms with Crippen molar-refractivity contribution >= 4 is 46.6 Å². The van der Waals surface area contributed by atoms with Crippen molar-refractivity contribution in [2.75, 3.05) is 23.7 Å². The monoisotopic (exact) mass is 515 g/mol. The summed E-state index contributed by atoms with van der Waals surface area (Å²) in [5.41, 5.74) is 3.10. The van der Waals surface area contributed by atoms with Gasteiger partial charge in [0.25, 0.3) is 0 Å². The van der Waals surface area contributed by atoms with Gasteiger partial charge in [-0.25, -0.2) is 9.48 Å². The van der Waals surface area contributed by atoms with E-state index in [9.17, 15) is 9.59 Å². The molecule has 0 aliphatic rings. The maximum absolute atomic E-state index is 13.0. The maximum Gasteiger partial charge on any atom is 0.322 e. The zero-order valence-corrected chi connectivity index (χ0v) is 22.2. The number of amides is 3. The van der Waals surface area contributed by atoms with Gasteiger partial charge < -0.3 is 15.5 Å². The van der Waals surface area contributed by atoms with E-state index in [0.717, 1.165) is 16.9 Å². The Balaban J connectivity index is 1.79. The van der Waals surface area contributed by atoms with E-state index in [2.05, 4.69) is 31.4 Å². The Labute approximate surface area is 216 Å². The summed E-state index contributed by atoms with van der Waals surface area (Å²) < 4.78 is 1.72. The topological polar surface area (TPSA) is 79.3 Å². The molecule has 2 N–H and O–H groups in total. The van der Waals surface area contributed by atoms with Crippen LogP contribution in [0.4, 0.5) is 16.3 Å². The molecular formula is C26H31Cl2N5O2. The lowest BCUT2D eigenvalue weighted by atomic mass is 9.92. The van der Waals surface area contributed by atoms with Gasteiger partial charge in [-0.15, -0.1) is 0 Å². The molecule has 0 aliphatic carbocycles. The van der Waals surface area contributed by atoms with Gasteiger partial charge in [0.1, 0.15) is 12.4 Å². The zero-order chi connectivity index (χ0) is 25.8. The third-order valence-electron chi connectivity index (χ3n) is 5.31. The molecule has 7 nitrogen and oxygen atoms in total. The molecule has 0 atom stereocenters. The fourth-order valence-corrected chi connectivity index (χ4v) is 3.67.